The van der Waals surface area contributed by atoms with Crippen LogP contribution in [0.1, 0.15) is 43.6 Å². The smallest absolute Gasteiger partial charge is 0.410 e. The van der Waals surface area contributed by atoms with Crippen molar-refractivity contribution in [1.29, 1.82) is 0 Å². The molecule has 0 bridgehead atoms. The van der Waals surface area contributed by atoms with Crippen molar-refractivity contribution in [2.45, 2.75) is 40.2 Å². The molecule has 8 heteroatoms. The third-order valence-electron chi connectivity index (χ3n) is 3.95. The van der Waals surface area contributed by atoms with Crippen molar-refractivity contribution in [3.05, 3.63) is 22.3 Å². The Morgan fingerprint density at radius 2 is 1.85 bits per heavy atom. The average molecular weight is 384 g/mol. The highest BCUT2D eigenvalue weighted by Gasteiger charge is 2.27. The fraction of sp³-hybridized carbons (Fsp3) is 0.611. The van der Waals surface area contributed by atoms with Gasteiger partial charge in [-0.1, -0.05) is 11.6 Å². The van der Waals surface area contributed by atoms with E-state index in [9.17, 15) is 9.59 Å². The van der Waals surface area contributed by atoms with Crippen molar-refractivity contribution in [3.8, 4) is 0 Å². The van der Waals surface area contributed by atoms with E-state index in [1.165, 1.54) is 0 Å². The van der Waals surface area contributed by atoms with Gasteiger partial charge < -0.3 is 19.3 Å². The van der Waals surface area contributed by atoms with Crippen LogP contribution < -0.4 is 4.90 Å². The lowest BCUT2D eigenvalue weighted by Crippen LogP contribution is -2.50. The topological polar surface area (TPSA) is 72.0 Å². The van der Waals surface area contributed by atoms with Crippen LogP contribution in [0.2, 0.25) is 5.15 Å². The number of hydrogen-bond donors (Lipinski definition) is 0. The molecule has 0 radical (unpaired) electrons. The molecule has 26 heavy (non-hydrogen) atoms. The molecular formula is C18H26ClN3O4. The summed E-state index contributed by atoms with van der Waals surface area (Å²) in [7, 11) is 0. The Kier molecular flexibility index (Phi) is 6.34. The largest absolute Gasteiger partial charge is 0.462 e. The molecule has 1 fully saturated rings. The first-order valence-electron chi connectivity index (χ1n) is 8.69. The quantitative estimate of drug-likeness (QED) is 0.589. The Hall–Kier alpha value is -2.02. The summed E-state index contributed by atoms with van der Waals surface area (Å²) in [6.45, 7) is 11.5. The zero-order valence-electron chi connectivity index (χ0n) is 16.0. The van der Waals surface area contributed by atoms with Crippen molar-refractivity contribution >= 4 is 29.5 Å². The molecule has 0 saturated carbocycles. The Balaban J connectivity index is 2.09. The summed E-state index contributed by atoms with van der Waals surface area (Å²) in [5.74, 6) is 0.190. The summed E-state index contributed by atoms with van der Waals surface area (Å²) in [6.07, 6.45) is -0.320. The standard InChI is InChI=1S/C18H26ClN3O4/c1-6-25-16(23)13-11-14(20-15(19)12(13)2)21-7-9-22(10-8-21)17(24)26-18(3,4)5/h11H,6-10H2,1-5H3. The molecule has 0 aliphatic carbocycles. The van der Waals surface area contributed by atoms with Gasteiger partial charge in [0, 0.05) is 31.7 Å². The van der Waals surface area contributed by atoms with Gasteiger partial charge in [0.2, 0.25) is 0 Å². The number of piperazine rings is 1. The number of hydrogen-bond acceptors (Lipinski definition) is 6. The molecule has 0 aromatic carbocycles. The molecule has 0 unspecified atom stereocenters. The number of ether oxygens (including phenoxy) is 2. The first-order valence-corrected chi connectivity index (χ1v) is 9.07. The Labute approximate surface area is 159 Å². The van der Waals surface area contributed by atoms with Gasteiger partial charge in [-0.25, -0.2) is 14.6 Å². The molecule has 1 aromatic rings. The second-order valence-electron chi connectivity index (χ2n) is 7.12. The molecule has 7 nitrogen and oxygen atoms in total. The van der Waals surface area contributed by atoms with Crippen LogP contribution in [0, 0.1) is 6.92 Å². The maximum Gasteiger partial charge on any atom is 0.410 e. The minimum atomic E-state index is -0.519. The third-order valence-corrected chi connectivity index (χ3v) is 4.32. The summed E-state index contributed by atoms with van der Waals surface area (Å²) in [4.78, 5) is 32.3. The molecule has 2 rings (SSSR count). The summed E-state index contributed by atoms with van der Waals surface area (Å²) in [6, 6.07) is 1.70. The number of aromatic nitrogens is 1. The van der Waals surface area contributed by atoms with E-state index in [-0.39, 0.29) is 11.2 Å². The first-order chi connectivity index (χ1) is 12.1. The second-order valence-corrected chi connectivity index (χ2v) is 7.48. The molecule has 1 saturated heterocycles. The number of pyridine rings is 1. The van der Waals surface area contributed by atoms with Crippen molar-refractivity contribution < 1.29 is 19.1 Å². The van der Waals surface area contributed by atoms with Crippen LogP contribution in [0.15, 0.2) is 6.07 Å². The van der Waals surface area contributed by atoms with Crippen molar-refractivity contribution in [2.24, 2.45) is 0 Å². The number of nitrogens with zero attached hydrogens (tertiary/aromatic N) is 3. The summed E-state index contributed by atoms with van der Waals surface area (Å²) in [5.41, 5.74) is 0.493. The summed E-state index contributed by atoms with van der Waals surface area (Å²) >= 11 is 6.20. The Bertz CT molecular complexity index is 680. The van der Waals surface area contributed by atoms with Crippen LogP contribution in [-0.2, 0) is 9.47 Å². The van der Waals surface area contributed by atoms with E-state index in [0.717, 1.165) is 0 Å². The van der Waals surface area contributed by atoms with Gasteiger partial charge in [0.1, 0.15) is 16.6 Å². The predicted molar refractivity (Wildman–Crippen MR) is 100.0 cm³/mol. The molecule has 1 aliphatic heterocycles. The zero-order valence-corrected chi connectivity index (χ0v) is 16.7. The Morgan fingerprint density at radius 1 is 1.23 bits per heavy atom. The highest BCUT2D eigenvalue weighted by atomic mass is 35.5. The average Bonchev–Trinajstić information content (AvgIpc) is 2.56. The number of carbonyl (C=O) groups excluding carboxylic acids is 2. The van der Waals surface area contributed by atoms with E-state index >= 15 is 0 Å². The maximum atomic E-state index is 12.2. The van der Waals surface area contributed by atoms with Gasteiger partial charge >= 0.3 is 12.1 Å². The Morgan fingerprint density at radius 3 is 2.38 bits per heavy atom. The lowest BCUT2D eigenvalue weighted by Gasteiger charge is -2.36. The van der Waals surface area contributed by atoms with Crippen LogP contribution in [-0.4, -0.2) is 60.3 Å². The van der Waals surface area contributed by atoms with Crippen LogP contribution in [0.3, 0.4) is 0 Å². The highest BCUT2D eigenvalue weighted by molar-refractivity contribution is 6.30. The minimum Gasteiger partial charge on any atom is -0.462 e. The predicted octanol–water partition coefficient (Wildman–Crippen LogP) is 3.28. The van der Waals surface area contributed by atoms with Crippen LogP contribution in [0.25, 0.3) is 0 Å². The number of anilines is 1. The van der Waals surface area contributed by atoms with Gasteiger partial charge in [-0.3, -0.25) is 0 Å². The van der Waals surface area contributed by atoms with Crippen molar-refractivity contribution in [1.82, 2.24) is 9.88 Å². The zero-order chi connectivity index (χ0) is 19.5. The number of amides is 1. The monoisotopic (exact) mass is 383 g/mol. The second kappa shape index (κ2) is 8.12. The van der Waals surface area contributed by atoms with E-state index in [1.807, 2.05) is 25.7 Å². The lowest BCUT2D eigenvalue weighted by molar-refractivity contribution is 0.0240. The van der Waals surface area contributed by atoms with E-state index in [0.29, 0.717) is 49.7 Å². The SMILES string of the molecule is CCOC(=O)c1cc(N2CCN(C(=O)OC(C)(C)C)CC2)nc(Cl)c1C. The van der Waals surface area contributed by atoms with Gasteiger partial charge in [-0.2, -0.15) is 0 Å². The number of carbonyl (C=O) groups is 2. The van der Waals surface area contributed by atoms with E-state index < -0.39 is 11.6 Å². The fourth-order valence-electron chi connectivity index (χ4n) is 2.59. The van der Waals surface area contributed by atoms with Crippen molar-refractivity contribution in [2.75, 3.05) is 37.7 Å². The molecular weight excluding hydrogens is 358 g/mol. The van der Waals surface area contributed by atoms with Crippen LogP contribution in [0.5, 0.6) is 0 Å². The molecule has 1 aliphatic rings. The number of halogens is 1. The maximum absolute atomic E-state index is 12.2. The van der Waals surface area contributed by atoms with E-state index in [4.69, 9.17) is 21.1 Å². The normalized spacial score (nSPS) is 15.0. The van der Waals surface area contributed by atoms with Gasteiger partial charge in [-0.15, -0.1) is 0 Å². The van der Waals surface area contributed by atoms with Gasteiger partial charge in [0.15, 0.2) is 0 Å². The molecule has 0 N–H and O–H groups in total. The fourth-order valence-corrected chi connectivity index (χ4v) is 2.78. The summed E-state index contributed by atoms with van der Waals surface area (Å²) in [5, 5.41) is 0.278. The van der Waals surface area contributed by atoms with Crippen LogP contribution >= 0.6 is 11.6 Å². The number of esters is 1. The molecule has 1 aromatic heterocycles. The molecule has 0 spiro atoms. The molecule has 1 amide bonds. The van der Waals surface area contributed by atoms with Gasteiger partial charge in [-0.05, 0) is 40.7 Å². The molecule has 0 atom stereocenters. The van der Waals surface area contributed by atoms with Crippen molar-refractivity contribution in [3.63, 3.8) is 0 Å². The minimum absolute atomic E-state index is 0.278. The first kappa shape index (κ1) is 20.3. The number of rotatable bonds is 3. The van der Waals surface area contributed by atoms with E-state index in [1.54, 1.807) is 24.8 Å². The third kappa shape index (κ3) is 5.00. The highest BCUT2D eigenvalue weighted by Crippen LogP contribution is 2.25. The molecule has 144 valence electrons. The lowest BCUT2D eigenvalue weighted by atomic mass is 10.1. The van der Waals surface area contributed by atoms with E-state index in [2.05, 4.69) is 4.98 Å². The van der Waals surface area contributed by atoms with Crippen LogP contribution in [0.4, 0.5) is 10.6 Å². The van der Waals surface area contributed by atoms with Gasteiger partial charge in [0.25, 0.3) is 0 Å². The molecule has 2 heterocycles. The summed E-state index contributed by atoms with van der Waals surface area (Å²) < 4.78 is 10.5. The van der Waals surface area contributed by atoms with Gasteiger partial charge in [0.05, 0.1) is 12.2 Å².